The number of anilines is 5. The summed E-state index contributed by atoms with van der Waals surface area (Å²) in [6.45, 7) is 6.01. The molecule has 0 aliphatic carbocycles. The summed E-state index contributed by atoms with van der Waals surface area (Å²) in [7, 11) is 1.88. The third kappa shape index (κ3) is 6.23. The van der Waals surface area contributed by atoms with Gasteiger partial charge in [0, 0.05) is 12.7 Å². The van der Waals surface area contributed by atoms with Gasteiger partial charge >= 0.3 is 11.6 Å². The highest BCUT2D eigenvalue weighted by Gasteiger charge is 2.10. The molecule has 2 heterocycles. The van der Waals surface area contributed by atoms with Crippen molar-refractivity contribution in [1.29, 1.82) is 0 Å². The number of pyridine rings is 1. The van der Waals surface area contributed by atoms with Crippen LogP contribution in [0.3, 0.4) is 0 Å². The first-order valence-electron chi connectivity index (χ1n) is 8.58. The molecule has 0 radical (unpaired) electrons. The van der Waals surface area contributed by atoms with Gasteiger partial charge < -0.3 is 16.0 Å². The molecule has 0 aliphatic rings. The molecule has 0 bridgehead atoms. The van der Waals surface area contributed by atoms with Crippen molar-refractivity contribution < 1.29 is 8.42 Å². The Morgan fingerprint density at radius 2 is 1.66 bits per heavy atom. The minimum Gasteiger partial charge on any atom is -0.386 e. The molecule has 29 heavy (non-hydrogen) atoms. The van der Waals surface area contributed by atoms with Gasteiger partial charge in [-0.05, 0) is 50.1 Å². The maximum atomic E-state index is 8.29. The Labute approximate surface area is 177 Å². The third-order valence-corrected chi connectivity index (χ3v) is 4.21. The Kier molecular flexibility index (Phi) is 8.05. The Morgan fingerprint density at radius 1 is 0.931 bits per heavy atom. The highest BCUT2D eigenvalue weighted by atomic mass is 35.5. The van der Waals surface area contributed by atoms with E-state index in [2.05, 4.69) is 37.0 Å². The van der Waals surface area contributed by atoms with E-state index in [9.17, 15) is 0 Å². The van der Waals surface area contributed by atoms with E-state index >= 15 is 0 Å². The van der Waals surface area contributed by atoms with Gasteiger partial charge in [-0.1, -0.05) is 17.7 Å². The number of nitrogens with one attached hydrogen (secondary N) is 3. The van der Waals surface area contributed by atoms with Crippen molar-refractivity contribution in [1.82, 2.24) is 15.0 Å². The van der Waals surface area contributed by atoms with Crippen LogP contribution >= 0.6 is 11.6 Å². The van der Waals surface area contributed by atoms with Crippen molar-refractivity contribution >= 4 is 52.0 Å². The smallest absolute Gasteiger partial charge is 0.335 e. The molecule has 0 fully saturated rings. The van der Waals surface area contributed by atoms with Gasteiger partial charge in [0.1, 0.15) is 5.02 Å². The lowest BCUT2D eigenvalue weighted by molar-refractivity contribution is 0.630. The predicted octanol–water partition coefficient (Wildman–Crippen LogP) is 4.31. The zero-order valence-corrected chi connectivity index (χ0v) is 18.0. The van der Waals surface area contributed by atoms with E-state index in [1.54, 1.807) is 12.4 Å². The van der Waals surface area contributed by atoms with Crippen LogP contribution in [0.2, 0.25) is 5.02 Å². The van der Waals surface area contributed by atoms with Gasteiger partial charge in [0.2, 0.25) is 5.95 Å². The molecule has 152 valence electrons. The lowest BCUT2D eigenvalue weighted by Crippen LogP contribution is -2.04. The summed E-state index contributed by atoms with van der Waals surface area (Å²) in [6.07, 6.45) is 3.35. The molecular weight excluding hydrogens is 412 g/mol. The van der Waals surface area contributed by atoms with E-state index < -0.39 is 11.6 Å². The molecule has 8 nitrogen and oxygen atoms in total. The number of hydrogen-bond donors (Lipinski definition) is 3. The summed E-state index contributed by atoms with van der Waals surface area (Å²) < 4.78 is 16.6. The molecule has 0 saturated heterocycles. The largest absolute Gasteiger partial charge is 0.386 e. The highest BCUT2D eigenvalue weighted by Crippen LogP contribution is 2.30. The summed E-state index contributed by atoms with van der Waals surface area (Å²) in [4.78, 5) is 13.1. The summed E-state index contributed by atoms with van der Waals surface area (Å²) in [5.74, 6) is 0.978. The maximum Gasteiger partial charge on any atom is 0.335 e. The van der Waals surface area contributed by atoms with Gasteiger partial charge in [-0.25, -0.2) is 4.98 Å². The topological polar surface area (TPSA) is 109 Å². The van der Waals surface area contributed by atoms with Crippen molar-refractivity contribution in [3.05, 3.63) is 58.5 Å². The molecule has 0 spiro atoms. The second kappa shape index (κ2) is 10.5. The fourth-order valence-corrected chi connectivity index (χ4v) is 2.70. The van der Waals surface area contributed by atoms with Crippen LogP contribution in [0.5, 0.6) is 0 Å². The number of aryl methyl sites for hydroxylation is 3. The Morgan fingerprint density at radius 3 is 2.31 bits per heavy atom. The number of hydrogen-bond acceptors (Lipinski definition) is 8. The Balaban J connectivity index is 0.000000941. The van der Waals surface area contributed by atoms with Crippen LogP contribution in [-0.4, -0.2) is 30.4 Å². The molecule has 3 N–H and O–H groups in total. The van der Waals surface area contributed by atoms with Gasteiger partial charge in [0.15, 0.2) is 5.82 Å². The number of rotatable bonds is 5. The predicted molar refractivity (Wildman–Crippen MR) is 117 cm³/mol. The van der Waals surface area contributed by atoms with E-state index in [4.69, 9.17) is 20.0 Å². The van der Waals surface area contributed by atoms with Gasteiger partial charge in [0.25, 0.3) is 0 Å². The Bertz CT molecular complexity index is 1040. The number of halogens is 1. The fraction of sp³-hybridized carbons (Fsp3) is 0.211. The van der Waals surface area contributed by atoms with Crippen molar-refractivity contribution in [2.24, 2.45) is 0 Å². The summed E-state index contributed by atoms with van der Waals surface area (Å²) >= 11 is 5.53. The van der Waals surface area contributed by atoms with Gasteiger partial charge in [0.05, 0.1) is 29.5 Å². The van der Waals surface area contributed by atoms with E-state index in [0.29, 0.717) is 16.8 Å². The van der Waals surface area contributed by atoms with Crippen molar-refractivity contribution in [3.8, 4) is 0 Å². The molecule has 0 atom stereocenters. The van der Waals surface area contributed by atoms with Crippen molar-refractivity contribution in [3.63, 3.8) is 0 Å². The second-order valence-electron chi connectivity index (χ2n) is 6.15. The van der Waals surface area contributed by atoms with Crippen molar-refractivity contribution in [2.75, 3.05) is 23.0 Å². The zero-order chi connectivity index (χ0) is 21.4. The molecule has 10 heteroatoms. The SMILES string of the molecule is CNc1cc(C)ccc1Nc1nc(Nc2cnc(C)cc2C)ncc1Cl.O=S=O. The number of aromatic nitrogens is 3. The molecule has 3 aromatic rings. The average Bonchev–Trinajstić information content (AvgIpc) is 2.68. The summed E-state index contributed by atoms with van der Waals surface area (Å²) in [5.41, 5.74) is 5.91. The normalized spacial score (nSPS) is 9.83. The molecule has 0 saturated carbocycles. The lowest BCUT2D eigenvalue weighted by atomic mass is 10.2. The summed E-state index contributed by atoms with van der Waals surface area (Å²) in [6, 6.07) is 8.07. The van der Waals surface area contributed by atoms with E-state index in [-0.39, 0.29) is 0 Å². The monoisotopic (exact) mass is 432 g/mol. The van der Waals surface area contributed by atoms with Crippen molar-refractivity contribution in [2.45, 2.75) is 20.8 Å². The maximum absolute atomic E-state index is 8.29. The first-order chi connectivity index (χ1) is 13.9. The first-order valence-corrected chi connectivity index (χ1v) is 9.62. The minimum atomic E-state index is -0.750. The van der Waals surface area contributed by atoms with Crippen LogP contribution in [-0.2, 0) is 11.6 Å². The fourth-order valence-electron chi connectivity index (χ4n) is 2.56. The second-order valence-corrected chi connectivity index (χ2v) is 6.69. The third-order valence-electron chi connectivity index (χ3n) is 3.94. The molecule has 0 aliphatic heterocycles. The summed E-state index contributed by atoms with van der Waals surface area (Å²) in [5, 5.41) is 10.1. The van der Waals surface area contributed by atoms with Crippen LogP contribution in [0.4, 0.5) is 28.8 Å². The number of benzene rings is 1. The van der Waals surface area contributed by atoms with E-state index in [1.807, 2.05) is 46.0 Å². The van der Waals surface area contributed by atoms with Crippen LogP contribution in [0.15, 0.2) is 36.7 Å². The number of nitrogens with zero attached hydrogens (tertiary/aromatic N) is 3. The molecule has 3 rings (SSSR count). The molecule has 2 aromatic heterocycles. The average molecular weight is 433 g/mol. The lowest BCUT2D eigenvalue weighted by Gasteiger charge is -2.14. The van der Waals surface area contributed by atoms with E-state index in [1.165, 1.54) is 5.56 Å². The quantitative estimate of drug-likeness (QED) is 0.547. The molecular formula is C19H21ClN6O2S. The minimum absolute atomic E-state index is 0.442. The van der Waals surface area contributed by atoms with Crippen LogP contribution < -0.4 is 16.0 Å². The Hall–Kier alpha value is -3.04. The molecule has 0 unspecified atom stereocenters. The highest BCUT2D eigenvalue weighted by molar-refractivity contribution is 7.51. The van der Waals surface area contributed by atoms with Gasteiger partial charge in [-0.15, -0.1) is 0 Å². The standard InChI is InChI=1S/C19H21ClN6.O2S/c1-11-5-6-15(16(7-11)21-4)24-18-14(20)9-23-19(26-18)25-17-10-22-13(3)8-12(17)2;1-3-2/h5-10,21H,1-4H3,(H2,23,24,25,26);. The van der Waals surface area contributed by atoms with Crippen LogP contribution in [0, 0.1) is 20.8 Å². The van der Waals surface area contributed by atoms with Crippen LogP contribution in [0.25, 0.3) is 0 Å². The van der Waals surface area contributed by atoms with Gasteiger partial charge in [-0.2, -0.15) is 13.4 Å². The van der Waals surface area contributed by atoms with Gasteiger partial charge in [-0.3, -0.25) is 4.98 Å². The molecule has 0 amide bonds. The van der Waals surface area contributed by atoms with E-state index in [0.717, 1.165) is 28.3 Å². The first kappa shape index (κ1) is 22.3. The van der Waals surface area contributed by atoms with Crippen LogP contribution in [0.1, 0.15) is 16.8 Å². The zero-order valence-electron chi connectivity index (χ0n) is 16.4. The molecule has 1 aromatic carbocycles.